The molecule has 1 N–H and O–H groups in total. The van der Waals surface area contributed by atoms with Crippen molar-refractivity contribution in [3.05, 3.63) is 109 Å². The van der Waals surface area contributed by atoms with Gasteiger partial charge in [0.15, 0.2) is 6.61 Å². The predicted molar refractivity (Wildman–Crippen MR) is 128 cm³/mol. The van der Waals surface area contributed by atoms with Crippen molar-refractivity contribution in [3.8, 4) is 11.5 Å². The molecule has 170 valence electrons. The van der Waals surface area contributed by atoms with E-state index in [0.717, 1.165) is 5.56 Å². The van der Waals surface area contributed by atoms with E-state index in [1.165, 1.54) is 0 Å². The van der Waals surface area contributed by atoms with Gasteiger partial charge in [-0.3, -0.25) is 9.59 Å². The summed E-state index contributed by atoms with van der Waals surface area (Å²) in [7, 11) is 1.60. The van der Waals surface area contributed by atoms with Crippen LogP contribution in [0.25, 0.3) is 0 Å². The molecule has 3 aromatic rings. The second-order valence-corrected chi connectivity index (χ2v) is 7.32. The van der Waals surface area contributed by atoms with Crippen LogP contribution in [-0.4, -0.2) is 37.0 Å². The van der Waals surface area contributed by atoms with E-state index in [-0.39, 0.29) is 25.0 Å². The molecule has 0 saturated carbocycles. The molecule has 0 radical (unpaired) electrons. The van der Waals surface area contributed by atoms with Crippen LogP contribution in [0.3, 0.4) is 0 Å². The zero-order valence-corrected chi connectivity index (χ0v) is 18.6. The molecule has 33 heavy (non-hydrogen) atoms. The molecule has 0 fully saturated rings. The van der Waals surface area contributed by atoms with Gasteiger partial charge in [-0.05, 0) is 35.4 Å². The van der Waals surface area contributed by atoms with Crippen LogP contribution in [0.4, 0.5) is 0 Å². The number of methoxy groups -OCH3 is 1. The van der Waals surface area contributed by atoms with Gasteiger partial charge in [-0.15, -0.1) is 6.58 Å². The summed E-state index contributed by atoms with van der Waals surface area (Å²) in [6, 6.07) is 24.9. The standard InChI is InChI=1S/C27H28N2O4/c1-3-18-28-27(31)26(22-10-6-4-7-11-22)29(19-21-14-16-23(32-2)17-15-21)25(30)20-33-24-12-8-5-9-13-24/h3-17,26H,1,18-20H2,2H3,(H,28,31)/t26-/m0/s1. The van der Waals surface area contributed by atoms with Crippen LogP contribution in [0, 0.1) is 0 Å². The Hall–Kier alpha value is -4.06. The summed E-state index contributed by atoms with van der Waals surface area (Å²) in [6.07, 6.45) is 1.61. The number of carbonyl (C=O) groups excluding carboxylic acids is 2. The van der Waals surface area contributed by atoms with Crippen molar-refractivity contribution in [2.45, 2.75) is 12.6 Å². The minimum atomic E-state index is -0.833. The molecular weight excluding hydrogens is 416 g/mol. The smallest absolute Gasteiger partial charge is 0.261 e. The predicted octanol–water partition coefficient (Wildman–Crippen LogP) is 4.15. The number of rotatable bonds is 11. The Morgan fingerprint density at radius 3 is 2.18 bits per heavy atom. The molecule has 3 rings (SSSR count). The molecule has 0 spiro atoms. The monoisotopic (exact) mass is 444 g/mol. The van der Waals surface area contributed by atoms with Gasteiger partial charge in [0.25, 0.3) is 5.91 Å². The summed E-state index contributed by atoms with van der Waals surface area (Å²) in [5.41, 5.74) is 1.57. The molecular formula is C27H28N2O4. The van der Waals surface area contributed by atoms with E-state index < -0.39 is 6.04 Å². The van der Waals surface area contributed by atoms with Crippen LogP contribution in [0.15, 0.2) is 97.6 Å². The average molecular weight is 445 g/mol. The van der Waals surface area contributed by atoms with Crippen LogP contribution in [0.5, 0.6) is 11.5 Å². The number of hydrogen-bond acceptors (Lipinski definition) is 4. The largest absolute Gasteiger partial charge is 0.497 e. The van der Waals surface area contributed by atoms with Gasteiger partial charge >= 0.3 is 0 Å². The average Bonchev–Trinajstić information content (AvgIpc) is 2.87. The maximum atomic E-state index is 13.4. The van der Waals surface area contributed by atoms with Gasteiger partial charge in [-0.2, -0.15) is 0 Å². The molecule has 0 aliphatic rings. The van der Waals surface area contributed by atoms with Crippen molar-refractivity contribution in [2.75, 3.05) is 20.3 Å². The second kappa shape index (κ2) is 12.1. The van der Waals surface area contributed by atoms with Crippen molar-refractivity contribution in [2.24, 2.45) is 0 Å². The van der Waals surface area contributed by atoms with Crippen LogP contribution < -0.4 is 14.8 Å². The van der Waals surface area contributed by atoms with Gasteiger partial charge in [0.1, 0.15) is 17.5 Å². The Labute approximate surface area is 194 Å². The van der Waals surface area contributed by atoms with Gasteiger partial charge in [0.05, 0.1) is 7.11 Å². The van der Waals surface area contributed by atoms with Crippen LogP contribution in [0.2, 0.25) is 0 Å². The molecule has 6 nitrogen and oxygen atoms in total. The van der Waals surface area contributed by atoms with Gasteiger partial charge in [-0.25, -0.2) is 0 Å². The molecule has 0 aromatic heterocycles. The first-order valence-electron chi connectivity index (χ1n) is 10.7. The minimum Gasteiger partial charge on any atom is -0.497 e. The van der Waals surface area contributed by atoms with Crippen LogP contribution in [0.1, 0.15) is 17.2 Å². The lowest BCUT2D eigenvalue weighted by atomic mass is 10.0. The fourth-order valence-corrected chi connectivity index (χ4v) is 3.37. The highest BCUT2D eigenvalue weighted by molar-refractivity contribution is 5.89. The molecule has 0 saturated heterocycles. The van der Waals surface area contributed by atoms with E-state index in [2.05, 4.69) is 11.9 Å². The van der Waals surface area contributed by atoms with Crippen molar-refractivity contribution >= 4 is 11.8 Å². The fraction of sp³-hybridized carbons (Fsp3) is 0.185. The van der Waals surface area contributed by atoms with Crippen molar-refractivity contribution in [1.82, 2.24) is 10.2 Å². The first kappa shape index (κ1) is 23.6. The summed E-state index contributed by atoms with van der Waals surface area (Å²) in [4.78, 5) is 28.2. The van der Waals surface area contributed by atoms with E-state index in [1.807, 2.05) is 72.8 Å². The third-order valence-electron chi connectivity index (χ3n) is 5.03. The highest BCUT2D eigenvalue weighted by Gasteiger charge is 2.31. The van der Waals surface area contributed by atoms with Crippen LogP contribution >= 0.6 is 0 Å². The Bertz CT molecular complexity index is 1040. The zero-order chi connectivity index (χ0) is 23.5. The van der Waals surface area contributed by atoms with Crippen molar-refractivity contribution < 1.29 is 19.1 Å². The number of nitrogens with one attached hydrogen (secondary N) is 1. The van der Waals surface area contributed by atoms with Gasteiger partial charge < -0.3 is 19.7 Å². The van der Waals surface area contributed by atoms with Crippen LogP contribution in [-0.2, 0) is 16.1 Å². The quantitative estimate of drug-likeness (QED) is 0.451. The van der Waals surface area contributed by atoms with E-state index in [0.29, 0.717) is 23.6 Å². The SMILES string of the molecule is C=CCNC(=O)[C@H](c1ccccc1)N(Cc1ccc(OC)cc1)C(=O)COc1ccccc1. The molecule has 0 bridgehead atoms. The number of benzene rings is 3. The summed E-state index contributed by atoms with van der Waals surface area (Å²) < 4.78 is 10.9. The third-order valence-corrected chi connectivity index (χ3v) is 5.03. The number of ether oxygens (including phenoxy) is 2. The number of nitrogens with zero attached hydrogens (tertiary/aromatic N) is 1. The third kappa shape index (κ3) is 6.71. The summed E-state index contributed by atoms with van der Waals surface area (Å²) >= 11 is 0. The lowest BCUT2D eigenvalue weighted by Gasteiger charge is -2.31. The molecule has 0 aliphatic heterocycles. The number of para-hydroxylation sites is 1. The molecule has 0 aliphatic carbocycles. The molecule has 6 heteroatoms. The molecule has 2 amide bonds. The Balaban J connectivity index is 1.92. The van der Waals surface area contributed by atoms with E-state index >= 15 is 0 Å². The normalized spacial score (nSPS) is 11.2. The molecule has 0 heterocycles. The maximum Gasteiger partial charge on any atom is 0.261 e. The van der Waals surface area contributed by atoms with E-state index in [9.17, 15) is 9.59 Å². The first-order valence-corrected chi connectivity index (χ1v) is 10.7. The highest BCUT2D eigenvalue weighted by atomic mass is 16.5. The number of hydrogen-bond donors (Lipinski definition) is 1. The lowest BCUT2D eigenvalue weighted by molar-refractivity contribution is -0.143. The molecule has 3 aromatic carbocycles. The van der Waals surface area contributed by atoms with E-state index in [1.54, 1.807) is 30.2 Å². The topological polar surface area (TPSA) is 67.9 Å². The molecule has 1 atom stereocenters. The summed E-state index contributed by atoms with van der Waals surface area (Å²) in [5.74, 6) is 0.704. The Kier molecular flexibility index (Phi) is 8.65. The second-order valence-electron chi connectivity index (χ2n) is 7.32. The van der Waals surface area contributed by atoms with Gasteiger partial charge in [0.2, 0.25) is 5.91 Å². The van der Waals surface area contributed by atoms with Crippen molar-refractivity contribution in [1.29, 1.82) is 0 Å². The Morgan fingerprint density at radius 1 is 0.939 bits per heavy atom. The summed E-state index contributed by atoms with van der Waals surface area (Å²) in [5, 5.41) is 2.83. The van der Waals surface area contributed by atoms with Gasteiger partial charge in [0, 0.05) is 13.1 Å². The summed E-state index contributed by atoms with van der Waals surface area (Å²) in [6.45, 7) is 3.99. The maximum absolute atomic E-state index is 13.4. The number of carbonyl (C=O) groups is 2. The van der Waals surface area contributed by atoms with Gasteiger partial charge in [-0.1, -0.05) is 66.7 Å². The first-order chi connectivity index (χ1) is 16.1. The Morgan fingerprint density at radius 2 is 1.58 bits per heavy atom. The minimum absolute atomic E-state index is 0.196. The van der Waals surface area contributed by atoms with E-state index in [4.69, 9.17) is 9.47 Å². The number of amides is 2. The molecule has 0 unspecified atom stereocenters. The zero-order valence-electron chi connectivity index (χ0n) is 18.6. The van der Waals surface area contributed by atoms with Crippen molar-refractivity contribution in [3.63, 3.8) is 0 Å². The fourth-order valence-electron chi connectivity index (χ4n) is 3.37. The highest BCUT2D eigenvalue weighted by Crippen LogP contribution is 2.25. The lowest BCUT2D eigenvalue weighted by Crippen LogP contribution is -2.45.